The molecule has 0 atom stereocenters. The van der Waals surface area contributed by atoms with Crippen molar-refractivity contribution in [2.45, 2.75) is 65.7 Å². The van der Waals surface area contributed by atoms with E-state index in [4.69, 9.17) is 144 Å². The highest BCUT2D eigenvalue weighted by molar-refractivity contribution is 6.68. The Balaban J connectivity index is 1.47. The molecule has 0 spiro atoms. The minimum Gasteiger partial charge on any atom is -0.462 e. The summed E-state index contributed by atoms with van der Waals surface area (Å²) in [7, 11) is 0. The van der Waals surface area contributed by atoms with E-state index in [0.29, 0.717) is 11.1 Å². The number of hydrogen-bond acceptors (Lipinski definition) is 8. The Labute approximate surface area is 352 Å². The zero-order valence-electron chi connectivity index (χ0n) is 25.4. The molecule has 51 heavy (non-hydrogen) atoms. The number of halogens is 12. The summed E-state index contributed by atoms with van der Waals surface area (Å²) in [5, 5.41) is 0. The lowest BCUT2D eigenvalue weighted by molar-refractivity contribution is -0.150. The molecule has 0 bridgehead atoms. The minimum absolute atomic E-state index is 0.00455. The Bertz CT molecular complexity index is 1800. The summed E-state index contributed by atoms with van der Waals surface area (Å²) in [5.41, 5.74) is 4.10. The van der Waals surface area contributed by atoms with Crippen molar-refractivity contribution in [1.82, 2.24) is 29.9 Å². The van der Waals surface area contributed by atoms with Crippen molar-refractivity contribution >= 4 is 145 Å². The predicted molar refractivity (Wildman–Crippen MR) is 206 cm³/mol. The van der Waals surface area contributed by atoms with Gasteiger partial charge in [-0.1, -0.05) is 170 Å². The van der Waals surface area contributed by atoms with Crippen molar-refractivity contribution in [1.29, 1.82) is 0 Å². The van der Waals surface area contributed by atoms with Crippen LogP contribution in [0.25, 0.3) is 33.9 Å². The Kier molecular flexibility index (Phi) is 11.9. The van der Waals surface area contributed by atoms with E-state index in [0.717, 1.165) is 54.4 Å². The fourth-order valence-corrected chi connectivity index (χ4v) is 6.97. The highest BCUT2D eigenvalue weighted by atomic mass is 35.6. The lowest BCUT2D eigenvalue weighted by Crippen LogP contribution is -2.22. The van der Waals surface area contributed by atoms with E-state index < -0.39 is 21.1 Å². The average Bonchev–Trinajstić information content (AvgIpc) is 3.34. The zero-order chi connectivity index (χ0) is 37.1. The number of carbonyl (C=O) groups excluding carboxylic acids is 1. The van der Waals surface area contributed by atoms with Crippen molar-refractivity contribution in [2.75, 3.05) is 0 Å². The summed E-state index contributed by atoms with van der Waals surface area (Å²) in [5.74, 6) is -1.74. The molecule has 0 saturated heterocycles. The van der Waals surface area contributed by atoms with Crippen LogP contribution < -0.4 is 0 Å². The average molecular weight is 934 g/mol. The Morgan fingerprint density at radius 1 is 0.569 bits per heavy atom. The molecule has 4 aromatic rings. The van der Waals surface area contributed by atoms with Crippen molar-refractivity contribution in [3.05, 3.63) is 70.8 Å². The van der Waals surface area contributed by atoms with Gasteiger partial charge in [-0.15, -0.1) is 0 Å². The van der Waals surface area contributed by atoms with Gasteiger partial charge in [0, 0.05) is 17.0 Å². The maximum absolute atomic E-state index is 13.6. The lowest BCUT2D eigenvalue weighted by atomic mass is 9.91. The largest absolute Gasteiger partial charge is 0.462 e. The highest BCUT2D eigenvalue weighted by Crippen LogP contribution is 2.50. The van der Waals surface area contributed by atoms with E-state index in [9.17, 15) is 4.79 Å². The fraction of sp³-hybridized carbons (Fsp3) is 0.387. The van der Waals surface area contributed by atoms with Crippen LogP contribution in [0.4, 0.5) is 0 Å². The molecule has 2 aliphatic carbocycles. The van der Waals surface area contributed by atoms with Crippen molar-refractivity contribution in [2.24, 2.45) is 0 Å². The molecule has 1 saturated carbocycles. The van der Waals surface area contributed by atoms with E-state index in [1.54, 1.807) is 12.1 Å². The normalized spacial score (nSPS) is 15.8. The van der Waals surface area contributed by atoms with Gasteiger partial charge in [0.15, 0.2) is 34.9 Å². The van der Waals surface area contributed by atoms with E-state index in [2.05, 4.69) is 29.9 Å². The topological polar surface area (TPSA) is 104 Å². The molecule has 6 rings (SSSR count). The summed E-state index contributed by atoms with van der Waals surface area (Å²) in [6, 6.07) is 10.9. The fourth-order valence-electron chi connectivity index (χ4n) is 5.96. The number of hydrogen-bond donors (Lipinski definition) is 0. The minimum atomic E-state index is -2.06. The van der Waals surface area contributed by atoms with Crippen molar-refractivity contribution in [3.8, 4) is 33.9 Å². The van der Waals surface area contributed by atoms with Crippen LogP contribution in [0, 0.1) is 0 Å². The van der Waals surface area contributed by atoms with Gasteiger partial charge >= 0.3 is 5.97 Å². The summed E-state index contributed by atoms with van der Waals surface area (Å²) in [6.45, 7) is 0. The molecule has 0 N–H and O–H groups in total. The zero-order valence-corrected chi connectivity index (χ0v) is 34.5. The third-order valence-electron chi connectivity index (χ3n) is 8.17. The van der Waals surface area contributed by atoms with Gasteiger partial charge in [0.05, 0.1) is 6.42 Å². The molecule has 2 aliphatic rings. The first-order valence-electron chi connectivity index (χ1n) is 15.0. The number of nitrogens with zero attached hydrogens (tertiary/aromatic N) is 6. The molecule has 20 heteroatoms. The van der Waals surface area contributed by atoms with Crippen LogP contribution in [-0.2, 0) is 24.7 Å². The Morgan fingerprint density at radius 3 is 1.29 bits per heavy atom. The number of fused-ring (bicyclic) bond motifs is 3. The molecule has 270 valence electrons. The van der Waals surface area contributed by atoms with Gasteiger partial charge in [0.2, 0.25) is 15.2 Å². The van der Waals surface area contributed by atoms with E-state index >= 15 is 0 Å². The molecule has 0 amide bonds. The second-order valence-corrected chi connectivity index (χ2v) is 20.8. The van der Waals surface area contributed by atoms with Crippen LogP contribution in [0.3, 0.4) is 0 Å². The number of rotatable bonds is 5. The number of aromatic nitrogens is 6. The molecule has 0 radical (unpaired) electrons. The standard InChI is InChI=1S/C31H20Cl12N6O2/c32-28(33,34)24-44-22(45-25(48-24)29(35,36)37)13-6-8-16-17-9-7-14(23-46-26(30(38,39)40)49-27(47-23)31(41,42)43)11-19(17)20(18(16)10-13)12-21(50)51-15-4-2-1-3-5-15/h6-11,15,20H,1-5,12H2. The molecular formula is C31H20Cl12N6O2. The highest BCUT2D eigenvalue weighted by Gasteiger charge is 2.37. The molecule has 2 heterocycles. The molecule has 0 aliphatic heterocycles. The second-order valence-electron chi connectivity index (χ2n) is 11.7. The predicted octanol–water partition coefficient (Wildman–Crippen LogP) is 12.1. The molecule has 1 fully saturated rings. The Hall–Kier alpha value is -0.590. The first-order valence-corrected chi connectivity index (χ1v) is 19.5. The van der Waals surface area contributed by atoms with Crippen molar-refractivity contribution < 1.29 is 9.53 Å². The van der Waals surface area contributed by atoms with Gasteiger partial charge in [-0.3, -0.25) is 4.79 Å². The smallest absolute Gasteiger partial charge is 0.307 e. The van der Waals surface area contributed by atoms with Gasteiger partial charge in [-0.2, -0.15) is 0 Å². The monoisotopic (exact) mass is 928 g/mol. The number of carbonyl (C=O) groups is 1. The molecule has 0 unspecified atom stereocenters. The van der Waals surface area contributed by atoms with Crippen LogP contribution in [0.5, 0.6) is 0 Å². The molecule has 8 nitrogen and oxygen atoms in total. The van der Waals surface area contributed by atoms with Crippen LogP contribution in [0.2, 0.25) is 0 Å². The quantitative estimate of drug-likeness (QED) is 0.144. The van der Waals surface area contributed by atoms with Crippen LogP contribution in [0.15, 0.2) is 36.4 Å². The van der Waals surface area contributed by atoms with E-state index in [1.165, 1.54) is 0 Å². The van der Waals surface area contributed by atoms with Crippen molar-refractivity contribution in [3.63, 3.8) is 0 Å². The van der Waals surface area contributed by atoms with E-state index in [-0.39, 0.29) is 53.4 Å². The third kappa shape index (κ3) is 9.28. The number of esters is 1. The molecule has 2 aromatic heterocycles. The Morgan fingerprint density at radius 2 is 0.941 bits per heavy atom. The number of alkyl halides is 12. The van der Waals surface area contributed by atoms with Gasteiger partial charge in [0.1, 0.15) is 6.10 Å². The van der Waals surface area contributed by atoms with Gasteiger partial charge in [0.25, 0.3) is 0 Å². The number of benzene rings is 2. The number of ether oxygens (including phenoxy) is 1. The first-order chi connectivity index (χ1) is 23.7. The third-order valence-corrected chi connectivity index (χ3v) is 10.2. The van der Waals surface area contributed by atoms with Gasteiger partial charge in [-0.25, -0.2) is 29.9 Å². The van der Waals surface area contributed by atoms with Crippen LogP contribution >= 0.6 is 139 Å². The maximum Gasteiger partial charge on any atom is 0.307 e. The second kappa shape index (κ2) is 15.2. The summed E-state index contributed by atoms with van der Waals surface area (Å²) in [4.78, 5) is 39.1. The van der Waals surface area contributed by atoms with Crippen LogP contribution in [-0.4, -0.2) is 42.0 Å². The first kappa shape index (κ1) is 40.1. The lowest BCUT2D eigenvalue weighted by Gasteiger charge is -2.23. The van der Waals surface area contributed by atoms with E-state index in [1.807, 2.05) is 24.3 Å². The molecule has 2 aromatic carbocycles. The maximum atomic E-state index is 13.6. The summed E-state index contributed by atoms with van der Waals surface area (Å²) < 4.78 is -2.29. The summed E-state index contributed by atoms with van der Waals surface area (Å²) in [6.07, 6.45) is 4.57. The van der Waals surface area contributed by atoms with Crippen LogP contribution in [0.1, 0.15) is 78.9 Å². The summed E-state index contributed by atoms with van der Waals surface area (Å²) >= 11 is 73.5. The van der Waals surface area contributed by atoms with Gasteiger partial charge in [-0.05, 0) is 60.1 Å². The SMILES string of the molecule is O=C(CC1c2cc(-c3nc(C(Cl)(Cl)Cl)nc(C(Cl)(Cl)Cl)n3)ccc2-c2ccc(-c3nc(C(Cl)(Cl)Cl)nc(C(Cl)(Cl)Cl)n3)cc21)OC1CCCCC1. The molecular weight excluding hydrogens is 914 g/mol. The van der Waals surface area contributed by atoms with Gasteiger partial charge < -0.3 is 4.74 Å².